The smallest absolute Gasteiger partial charge is 0.303 e. The first-order valence-electron chi connectivity index (χ1n) is 12.8. The summed E-state index contributed by atoms with van der Waals surface area (Å²) in [5, 5.41) is 13.8. The average molecular weight is 521 g/mol. The normalized spacial score (nSPS) is 16.5. The second-order valence-electron chi connectivity index (χ2n) is 9.97. The maximum absolute atomic E-state index is 13.6. The quantitative estimate of drug-likeness (QED) is 0.474. The number of oxime groups is 1. The lowest BCUT2D eigenvalue weighted by molar-refractivity contribution is -0.137. The zero-order valence-corrected chi connectivity index (χ0v) is 21.2. The van der Waals surface area contributed by atoms with Crippen LogP contribution in [0.1, 0.15) is 56.8 Å². The van der Waals surface area contributed by atoms with Crippen molar-refractivity contribution in [2.75, 3.05) is 13.1 Å². The Kier molecular flexibility index (Phi) is 6.96. The monoisotopic (exact) mass is 520 g/mol. The number of carboxylic acids is 1. The summed E-state index contributed by atoms with van der Waals surface area (Å²) in [6.45, 7) is 2.83. The number of piperidine rings is 1. The molecule has 1 saturated heterocycles. The molecule has 0 saturated carbocycles. The third kappa shape index (κ3) is 5.16. The zero-order chi connectivity index (χ0) is 26.9. The van der Waals surface area contributed by atoms with Crippen LogP contribution in [0.25, 0.3) is 16.6 Å². The Hall–Kier alpha value is -4.08. The van der Waals surface area contributed by atoms with Gasteiger partial charge in [-0.2, -0.15) is 0 Å². The number of aliphatic carboxylic acids is 1. The lowest BCUT2D eigenvalue weighted by Crippen LogP contribution is -2.46. The summed E-state index contributed by atoms with van der Waals surface area (Å²) in [4.78, 5) is 48.7. The molecule has 0 atom stereocenters. The minimum Gasteiger partial charge on any atom is -0.481 e. The number of amides is 1. The Morgan fingerprint density at radius 2 is 1.84 bits per heavy atom. The number of hydrogen-bond donors (Lipinski definition) is 1. The highest BCUT2D eigenvalue weighted by Crippen LogP contribution is 2.36. The number of hydrogen-bond acceptors (Lipinski definition) is 6. The van der Waals surface area contributed by atoms with Crippen molar-refractivity contribution in [2.45, 2.75) is 57.5 Å². The van der Waals surface area contributed by atoms with Crippen LogP contribution in [0.15, 0.2) is 52.4 Å². The minimum absolute atomic E-state index is 0.0320. The number of carboxylic acid groups (broad SMARTS) is 1. The van der Waals surface area contributed by atoms with E-state index in [2.05, 4.69) is 5.16 Å². The summed E-state index contributed by atoms with van der Waals surface area (Å²) in [5.41, 5.74) is 1.89. The molecule has 2 aliphatic rings. The maximum Gasteiger partial charge on any atom is 0.303 e. The molecule has 0 bridgehead atoms. The molecule has 1 spiro atoms. The fourth-order valence-electron chi connectivity index (χ4n) is 5.17. The molecule has 3 aromatic rings. The molecule has 0 unspecified atom stereocenters. The molecule has 198 valence electrons. The van der Waals surface area contributed by atoms with Gasteiger partial charge in [0.15, 0.2) is 0 Å². The van der Waals surface area contributed by atoms with Gasteiger partial charge in [0.1, 0.15) is 17.2 Å². The molecular weight excluding hydrogens is 491 g/mol. The van der Waals surface area contributed by atoms with E-state index in [1.807, 2.05) is 17.0 Å². The lowest BCUT2D eigenvalue weighted by atomic mass is 9.85. The van der Waals surface area contributed by atoms with Crippen LogP contribution in [0.3, 0.4) is 0 Å². The van der Waals surface area contributed by atoms with E-state index in [-0.39, 0.29) is 17.9 Å². The number of fused-ring (bicyclic) bond motifs is 1. The van der Waals surface area contributed by atoms with Gasteiger partial charge in [0.2, 0.25) is 5.91 Å². The Labute approximate surface area is 218 Å². The van der Waals surface area contributed by atoms with Gasteiger partial charge in [-0.25, -0.2) is 9.37 Å². The van der Waals surface area contributed by atoms with Gasteiger partial charge in [0.25, 0.3) is 5.56 Å². The van der Waals surface area contributed by atoms with E-state index in [0.717, 1.165) is 11.3 Å². The van der Waals surface area contributed by atoms with Crippen molar-refractivity contribution >= 4 is 28.5 Å². The van der Waals surface area contributed by atoms with Crippen molar-refractivity contribution in [1.82, 2.24) is 14.5 Å². The molecule has 0 radical (unpaired) electrons. The number of rotatable bonds is 7. The van der Waals surface area contributed by atoms with Crippen LogP contribution in [-0.2, 0) is 20.8 Å². The van der Waals surface area contributed by atoms with E-state index < -0.39 is 17.4 Å². The first-order chi connectivity index (χ1) is 18.2. The topological polar surface area (TPSA) is 114 Å². The van der Waals surface area contributed by atoms with Crippen LogP contribution in [0.2, 0.25) is 0 Å². The predicted molar refractivity (Wildman–Crippen MR) is 139 cm³/mol. The average Bonchev–Trinajstić information content (AvgIpc) is 3.30. The number of carbonyl (C=O) groups excluding carboxylic acids is 1. The molecule has 10 heteroatoms. The second-order valence-corrected chi connectivity index (χ2v) is 9.97. The van der Waals surface area contributed by atoms with Crippen LogP contribution in [-0.4, -0.2) is 55.8 Å². The lowest BCUT2D eigenvalue weighted by Gasteiger charge is -2.36. The minimum atomic E-state index is -0.874. The van der Waals surface area contributed by atoms with Crippen molar-refractivity contribution in [3.63, 3.8) is 0 Å². The molecule has 2 aromatic carbocycles. The molecule has 38 heavy (non-hydrogen) atoms. The van der Waals surface area contributed by atoms with E-state index in [4.69, 9.17) is 14.9 Å². The number of nitrogens with zero attached hydrogens (tertiary/aromatic N) is 4. The molecule has 1 amide bonds. The van der Waals surface area contributed by atoms with Gasteiger partial charge in [-0.1, -0.05) is 11.2 Å². The van der Waals surface area contributed by atoms with E-state index in [1.54, 1.807) is 13.0 Å². The second kappa shape index (κ2) is 10.4. The molecule has 2 aliphatic heterocycles. The molecule has 1 N–H and O–H groups in total. The van der Waals surface area contributed by atoms with Gasteiger partial charge in [0.05, 0.1) is 22.3 Å². The van der Waals surface area contributed by atoms with Crippen LogP contribution < -0.4 is 5.56 Å². The first-order valence-corrected chi connectivity index (χ1v) is 12.8. The van der Waals surface area contributed by atoms with Crippen LogP contribution >= 0.6 is 0 Å². The van der Waals surface area contributed by atoms with E-state index >= 15 is 0 Å². The van der Waals surface area contributed by atoms with Gasteiger partial charge in [0, 0.05) is 57.7 Å². The number of halogens is 1. The predicted octanol–water partition coefficient (Wildman–Crippen LogP) is 3.83. The molecule has 9 nitrogen and oxygen atoms in total. The van der Waals surface area contributed by atoms with Crippen LogP contribution in [0.5, 0.6) is 0 Å². The van der Waals surface area contributed by atoms with Crippen molar-refractivity contribution in [3.8, 4) is 5.69 Å². The summed E-state index contributed by atoms with van der Waals surface area (Å²) < 4.78 is 15.0. The van der Waals surface area contributed by atoms with Gasteiger partial charge < -0.3 is 14.8 Å². The van der Waals surface area contributed by atoms with E-state index in [1.165, 1.54) is 28.8 Å². The molecule has 0 aliphatic carbocycles. The molecule has 3 heterocycles. The highest BCUT2D eigenvalue weighted by atomic mass is 19.1. The fraction of sp³-hybridized carbons (Fsp3) is 0.393. The van der Waals surface area contributed by atoms with E-state index in [0.29, 0.717) is 74.0 Å². The van der Waals surface area contributed by atoms with Gasteiger partial charge in [-0.05, 0) is 49.2 Å². The summed E-state index contributed by atoms with van der Waals surface area (Å²) in [6.07, 6.45) is 3.42. The number of benzene rings is 2. The standard InChI is InChI=1S/C28H29FN4O5/c1-18(34)32-14-12-28(13-15-32)17-24(31-38-28)19-6-11-22-23(16-19)30-25(4-2-3-5-26(35)36)33(27(22)37)21-9-7-20(29)8-10-21/h6-11,16H,2-5,12-15,17H2,1H3,(H,35,36). The Bertz CT molecular complexity index is 1470. The summed E-state index contributed by atoms with van der Waals surface area (Å²) in [5.74, 6) is -0.743. The van der Waals surface area contributed by atoms with E-state index in [9.17, 15) is 18.8 Å². The van der Waals surface area contributed by atoms with Crippen LogP contribution in [0, 0.1) is 5.82 Å². The molecular formula is C28H29FN4O5. The third-order valence-electron chi connectivity index (χ3n) is 7.36. The third-order valence-corrected chi connectivity index (χ3v) is 7.36. The number of aryl methyl sites for hydroxylation is 1. The van der Waals surface area contributed by atoms with Crippen molar-refractivity contribution in [1.29, 1.82) is 0 Å². The SMILES string of the molecule is CC(=O)N1CCC2(CC1)CC(c1ccc3c(=O)n(-c4ccc(F)cc4)c(CCCCC(=O)O)nc3c1)=NO2. The highest BCUT2D eigenvalue weighted by molar-refractivity contribution is 6.04. The largest absolute Gasteiger partial charge is 0.481 e. The zero-order valence-electron chi connectivity index (χ0n) is 21.2. The summed E-state index contributed by atoms with van der Waals surface area (Å²) in [6, 6.07) is 11.0. The first kappa shape index (κ1) is 25.6. The fourth-order valence-corrected chi connectivity index (χ4v) is 5.17. The van der Waals surface area contributed by atoms with Crippen molar-refractivity contribution in [2.24, 2.45) is 5.16 Å². The summed E-state index contributed by atoms with van der Waals surface area (Å²) >= 11 is 0. The molecule has 5 rings (SSSR count). The maximum atomic E-state index is 13.6. The Balaban J connectivity index is 1.45. The number of likely N-dealkylation sites (tertiary alicyclic amines) is 1. The summed E-state index contributed by atoms with van der Waals surface area (Å²) in [7, 11) is 0. The van der Waals surface area contributed by atoms with Gasteiger partial charge in [-0.15, -0.1) is 0 Å². The Morgan fingerprint density at radius 3 is 2.53 bits per heavy atom. The van der Waals surface area contributed by atoms with Crippen molar-refractivity contribution in [3.05, 3.63) is 70.0 Å². The van der Waals surface area contributed by atoms with Crippen LogP contribution in [0.4, 0.5) is 4.39 Å². The van der Waals surface area contributed by atoms with Crippen molar-refractivity contribution < 1.29 is 23.9 Å². The number of aromatic nitrogens is 2. The van der Waals surface area contributed by atoms with Gasteiger partial charge >= 0.3 is 5.97 Å². The van der Waals surface area contributed by atoms with Gasteiger partial charge in [-0.3, -0.25) is 19.0 Å². The molecule has 1 aromatic heterocycles. The highest BCUT2D eigenvalue weighted by Gasteiger charge is 2.42. The number of carbonyl (C=O) groups is 2. The Morgan fingerprint density at radius 1 is 1.11 bits per heavy atom. The number of unbranched alkanes of at least 4 members (excludes halogenated alkanes) is 1. The molecule has 1 fully saturated rings.